The van der Waals surface area contributed by atoms with E-state index in [0.717, 1.165) is 45.0 Å². The highest BCUT2D eigenvalue weighted by atomic mass is 16.1. The Bertz CT molecular complexity index is 726. The number of rotatable bonds is 4. The summed E-state index contributed by atoms with van der Waals surface area (Å²) >= 11 is 0. The number of hydrogen-bond donors (Lipinski definition) is 0. The minimum Gasteiger partial charge on any atom is -0.349 e. The van der Waals surface area contributed by atoms with Crippen molar-refractivity contribution >= 4 is 5.82 Å². The number of anilines is 1. The van der Waals surface area contributed by atoms with Crippen molar-refractivity contribution in [2.45, 2.75) is 26.9 Å². The fourth-order valence-electron chi connectivity index (χ4n) is 2.94. The van der Waals surface area contributed by atoms with Gasteiger partial charge in [0.2, 0.25) is 0 Å². The summed E-state index contributed by atoms with van der Waals surface area (Å²) in [6.07, 6.45) is 5.51. The molecule has 0 radical (unpaired) electrons. The van der Waals surface area contributed by atoms with Gasteiger partial charge >= 0.3 is 0 Å². The lowest BCUT2D eigenvalue weighted by molar-refractivity contribution is 0.248. The van der Waals surface area contributed by atoms with Gasteiger partial charge in [0.15, 0.2) is 5.82 Å². The van der Waals surface area contributed by atoms with Gasteiger partial charge in [-0.15, -0.1) is 0 Å². The fourth-order valence-corrected chi connectivity index (χ4v) is 2.94. The third kappa shape index (κ3) is 3.29. The first kappa shape index (κ1) is 15.7. The van der Waals surface area contributed by atoms with Crippen LogP contribution < -0.4 is 10.5 Å². The van der Waals surface area contributed by atoms with Crippen LogP contribution in [0.3, 0.4) is 0 Å². The monoisotopic (exact) mass is 316 g/mol. The number of aromatic nitrogens is 4. The van der Waals surface area contributed by atoms with Crippen LogP contribution in [0.4, 0.5) is 5.82 Å². The Morgan fingerprint density at radius 3 is 2.61 bits per heavy atom. The zero-order valence-electron chi connectivity index (χ0n) is 14.1. The molecule has 0 spiro atoms. The summed E-state index contributed by atoms with van der Waals surface area (Å²) in [5.74, 6) is 0.560. The van der Waals surface area contributed by atoms with E-state index < -0.39 is 0 Å². The molecule has 124 valence electrons. The predicted octanol–water partition coefficient (Wildman–Crippen LogP) is 0.627. The second-order valence-corrected chi connectivity index (χ2v) is 6.03. The van der Waals surface area contributed by atoms with Crippen LogP contribution in [-0.4, -0.2) is 50.4 Å². The predicted molar refractivity (Wildman–Crippen MR) is 89.6 cm³/mol. The number of piperazine rings is 1. The maximum Gasteiger partial charge on any atom is 0.293 e. The summed E-state index contributed by atoms with van der Waals surface area (Å²) in [5, 5.41) is 4.50. The van der Waals surface area contributed by atoms with Crippen LogP contribution in [0.5, 0.6) is 0 Å². The average molecular weight is 316 g/mol. The molecule has 23 heavy (non-hydrogen) atoms. The maximum absolute atomic E-state index is 12.2. The van der Waals surface area contributed by atoms with Crippen molar-refractivity contribution in [2.24, 2.45) is 7.05 Å². The largest absolute Gasteiger partial charge is 0.349 e. The molecule has 7 nitrogen and oxygen atoms in total. The molecular formula is C16H24N6O. The Morgan fingerprint density at radius 1 is 1.22 bits per heavy atom. The molecule has 3 heterocycles. The SMILES string of the molecule is CCn1cc(CN2CCN(c3nccn(C)c3=O)CC2)c(C)n1. The molecule has 2 aromatic rings. The highest BCUT2D eigenvalue weighted by molar-refractivity contribution is 5.36. The van der Waals surface area contributed by atoms with E-state index in [1.54, 1.807) is 24.0 Å². The van der Waals surface area contributed by atoms with Gasteiger partial charge in [-0.2, -0.15) is 5.10 Å². The van der Waals surface area contributed by atoms with Gasteiger partial charge in [-0.3, -0.25) is 14.4 Å². The smallest absolute Gasteiger partial charge is 0.293 e. The lowest BCUT2D eigenvalue weighted by Crippen LogP contribution is -2.48. The molecule has 0 aromatic carbocycles. The Balaban J connectivity index is 1.63. The van der Waals surface area contributed by atoms with Gasteiger partial charge in [0.25, 0.3) is 5.56 Å². The first-order valence-corrected chi connectivity index (χ1v) is 8.10. The van der Waals surface area contributed by atoms with E-state index in [1.807, 2.05) is 4.68 Å². The van der Waals surface area contributed by atoms with Crippen LogP contribution in [0.15, 0.2) is 23.4 Å². The van der Waals surface area contributed by atoms with Gasteiger partial charge in [-0.1, -0.05) is 0 Å². The van der Waals surface area contributed by atoms with Crippen LogP contribution >= 0.6 is 0 Å². The number of nitrogens with zero attached hydrogens (tertiary/aromatic N) is 6. The van der Waals surface area contributed by atoms with Crippen molar-refractivity contribution in [3.63, 3.8) is 0 Å². The van der Waals surface area contributed by atoms with E-state index >= 15 is 0 Å². The first-order valence-electron chi connectivity index (χ1n) is 8.10. The van der Waals surface area contributed by atoms with E-state index in [0.29, 0.717) is 5.82 Å². The molecule has 0 bridgehead atoms. The summed E-state index contributed by atoms with van der Waals surface area (Å²) in [6, 6.07) is 0. The molecule has 1 fully saturated rings. The summed E-state index contributed by atoms with van der Waals surface area (Å²) in [4.78, 5) is 20.9. The van der Waals surface area contributed by atoms with E-state index in [2.05, 4.69) is 39.9 Å². The second kappa shape index (κ2) is 6.54. The first-order chi connectivity index (χ1) is 11.1. The molecule has 1 saturated heterocycles. The highest BCUT2D eigenvalue weighted by Gasteiger charge is 2.21. The quantitative estimate of drug-likeness (QED) is 0.828. The Morgan fingerprint density at radius 2 is 1.96 bits per heavy atom. The van der Waals surface area contributed by atoms with Crippen LogP contribution in [0.25, 0.3) is 0 Å². The Hall–Kier alpha value is -2.15. The lowest BCUT2D eigenvalue weighted by atomic mass is 10.2. The third-order valence-electron chi connectivity index (χ3n) is 4.44. The van der Waals surface area contributed by atoms with Gasteiger partial charge in [0.05, 0.1) is 5.69 Å². The van der Waals surface area contributed by atoms with E-state index in [1.165, 1.54) is 5.56 Å². The molecule has 0 amide bonds. The van der Waals surface area contributed by atoms with E-state index in [4.69, 9.17) is 0 Å². The molecule has 2 aromatic heterocycles. The van der Waals surface area contributed by atoms with Gasteiger partial charge in [0, 0.05) is 70.5 Å². The van der Waals surface area contributed by atoms with Crippen LogP contribution in [0.2, 0.25) is 0 Å². The summed E-state index contributed by atoms with van der Waals surface area (Å²) in [7, 11) is 1.76. The van der Waals surface area contributed by atoms with Crippen molar-refractivity contribution in [1.82, 2.24) is 24.2 Å². The van der Waals surface area contributed by atoms with Crippen molar-refractivity contribution in [2.75, 3.05) is 31.1 Å². The van der Waals surface area contributed by atoms with Crippen LogP contribution in [-0.2, 0) is 20.1 Å². The molecular weight excluding hydrogens is 292 g/mol. The normalized spacial score (nSPS) is 16.0. The Kier molecular flexibility index (Phi) is 4.47. The molecule has 0 unspecified atom stereocenters. The zero-order chi connectivity index (χ0) is 16.4. The summed E-state index contributed by atoms with van der Waals surface area (Å²) in [6.45, 7) is 9.49. The standard InChI is InChI=1S/C16H24N6O/c1-4-22-12-14(13(2)18-22)11-20-7-9-21(10-8-20)15-16(23)19(3)6-5-17-15/h5-6,12H,4,7-11H2,1-3H3. The van der Waals surface area contributed by atoms with Gasteiger partial charge in [-0.05, 0) is 13.8 Å². The van der Waals surface area contributed by atoms with Gasteiger partial charge in [-0.25, -0.2) is 4.98 Å². The molecule has 0 saturated carbocycles. The van der Waals surface area contributed by atoms with Crippen molar-refractivity contribution in [3.8, 4) is 0 Å². The minimum atomic E-state index is -0.0268. The van der Waals surface area contributed by atoms with Gasteiger partial charge < -0.3 is 9.47 Å². The van der Waals surface area contributed by atoms with E-state index in [9.17, 15) is 4.79 Å². The summed E-state index contributed by atoms with van der Waals surface area (Å²) in [5.41, 5.74) is 2.36. The van der Waals surface area contributed by atoms with E-state index in [-0.39, 0.29) is 5.56 Å². The highest BCUT2D eigenvalue weighted by Crippen LogP contribution is 2.13. The summed E-state index contributed by atoms with van der Waals surface area (Å²) < 4.78 is 3.57. The average Bonchev–Trinajstić information content (AvgIpc) is 2.91. The molecule has 0 N–H and O–H groups in total. The number of aryl methyl sites for hydroxylation is 3. The molecule has 0 atom stereocenters. The molecule has 1 aliphatic rings. The van der Waals surface area contributed by atoms with Crippen molar-refractivity contribution in [3.05, 3.63) is 40.2 Å². The molecule has 7 heteroatoms. The molecule has 0 aliphatic carbocycles. The third-order valence-corrected chi connectivity index (χ3v) is 4.44. The van der Waals surface area contributed by atoms with Gasteiger partial charge in [0.1, 0.15) is 0 Å². The Labute approximate surface area is 136 Å². The fraction of sp³-hybridized carbons (Fsp3) is 0.562. The topological polar surface area (TPSA) is 59.2 Å². The maximum atomic E-state index is 12.2. The molecule has 1 aliphatic heterocycles. The van der Waals surface area contributed by atoms with Crippen LogP contribution in [0, 0.1) is 6.92 Å². The van der Waals surface area contributed by atoms with Crippen molar-refractivity contribution in [1.29, 1.82) is 0 Å². The van der Waals surface area contributed by atoms with Crippen LogP contribution in [0.1, 0.15) is 18.2 Å². The molecule has 3 rings (SSSR count). The van der Waals surface area contributed by atoms with Crippen molar-refractivity contribution < 1.29 is 0 Å². The minimum absolute atomic E-state index is 0.0268. The lowest BCUT2D eigenvalue weighted by Gasteiger charge is -2.34. The zero-order valence-corrected chi connectivity index (χ0v) is 14.1. The second-order valence-electron chi connectivity index (χ2n) is 6.03. The number of hydrogen-bond acceptors (Lipinski definition) is 5.